The smallest absolute Gasteiger partial charge is 0.282 e. The van der Waals surface area contributed by atoms with Crippen molar-refractivity contribution in [2.75, 3.05) is 25.2 Å². The molecule has 0 bridgehead atoms. The molecule has 142 valence electrons. The molecule has 2 aromatic heterocycles. The summed E-state index contributed by atoms with van der Waals surface area (Å²) in [5.41, 5.74) is 2.13. The number of amides is 1. The SMILES string of the molecule is COc1ccc(C)c2sc(N(CC3CCCO3)C(=O)c3cc(C)on3)nc12. The van der Waals surface area contributed by atoms with Crippen molar-refractivity contribution in [2.24, 2.45) is 0 Å². The van der Waals surface area contributed by atoms with Crippen LogP contribution in [0.15, 0.2) is 22.7 Å². The largest absolute Gasteiger partial charge is 0.494 e. The average molecular weight is 387 g/mol. The van der Waals surface area contributed by atoms with Gasteiger partial charge in [0.25, 0.3) is 5.91 Å². The zero-order valence-corrected chi connectivity index (χ0v) is 16.3. The topological polar surface area (TPSA) is 77.7 Å². The van der Waals surface area contributed by atoms with E-state index in [2.05, 4.69) is 5.16 Å². The predicted octanol–water partition coefficient (Wildman–Crippen LogP) is 3.74. The Morgan fingerprint density at radius 2 is 2.26 bits per heavy atom. The molecule has 1 amide bonds. The number of methoxy groups -OCH3 is 1. The summed E-state index contributed by atoms with van der Waals surface area (Å²) in [6.07, 6.45) is 1.93. The highest BCUT2D eigenvalue weighted by Crippen LogP contribution is 2.37. The van der Waals surface area contributed by atoms with E-state index in [9.17, 15) is 4.79 Å². The number of rotatable bonds is 5. The number of nitrogens with zero attached hydrogens (tertiary/aromatic N) is 3. The summed E-state index contributed by atoms with van der Waals surface area (Å²) in [5.74, 6) is 1.05. The summed E-state index contributed by atoms with van der Waals surface area (Å²) < 4.78 is 17.3. The number of carbonyl (C=O) groups is 1. The molecule has 1 aromatic carbocycles. The van der Waals surface area contributed by atoms with Crippen LogP contribution in [-0.2, 0) is 4.74 Å². The van der Waals surface area contributed by atoms with E-state index >= 15 is 0 Å². The summed E-state index contributed by atoms with van der Waals surface area (Å²) in [7, 11) is 1.62. The molecule has 1 saturated heterocycles. The lowest BCUT2D eigenvalue weighted by Crippen LogP contribution is -2.37. The number of benzene rings is 1. The monoisotopic (exact) mass is 387 g/mol. The third-order valence-corrected chi connectivity index (χ3v) is 5.86. The second kappa shape index (κ2) is 7.28. The van der Waals surface area contributed by atoms with Crippen LogP contribution in [0.2, 0.25) is 0 Å². The highest BCUT2D eigenvalue weighted by atomic mass is 32.1. The van der Waals surface area contributed by atoms with Gasteiger partial charge in [0.15, 0.2) is 10.8 Å². The highest BCUT2D eigenvalue weighted by molar-refractivity contribution is 7.22. The quantitative estimate of drug-likeness (QED) is 0.664. The Morgan fingerprint density at radius 1 is 1.41 bits per heavy atom. The normalized spacial score (nSPS) is 16.8. The van der Waals surface area contributed by atoms with Gasteiger partial charge in [0.1, 0.15) is 17.0 Å². The standard InChI is InChI=1S/C19H21N3O4S/c1-11-6-7-15(24-3)16-17(11)27-19(20-16)22(10-13-5-4-8-25-13)18(23)14-9-12(2)26-21-14/h6-7,9,13H,4-5,8,10H2,1-3H3. The number of fused-ring (bicyclic) bond motifs is 1. The molecule has 1 aliphatic heterocycles. The Balaban J connectivity index is 1.76. The lowest BCUT2D eigenvalue weighted by molar-refractivity contribution is 0.0910. The van der Waals surface area contributed by atoms with Gasteiger partial charge in [-0.15, -0.1) is 0 Å². The van der Waals surface area contributed by atoms with Crippen molar-refractivity contribution in [3.05, 3.63) is 35.2 Å². The van der Waals surface area contributed by atoms with Gasteiger partial charge >= 0.3 is 0 Å². The molecule has 0 N–H and O–H groups in total. The van der Waals surface area contributed by atoms with Gasteiger partial charge in [-0.3, -0.25) is 9.69 Å². The van der Waals surface area contributed by atoms with Crippen LogP contribution in [0.25, 0.3) is 10.2 Å². The van der Waals surface area contributed by atoms with Crippen molar-refractivity contribution in [1.82, 2.24) is 10.1 Å². The molecule has 0 aliphatic carbocycles. The van der Waals surface area contributed by atoms with Crippen LogP contribution < -0.4 is 9.64 Å². The number of anilines is 1. The molecule has 0 saturated carbocycles. The Bertz CT molecular complexity index is 975. The first-order chi connectivity index (χ1) is 13.1. The van der Waals surface area contributed by atoms with Gasteiger partial charge in [-0.1, -0.05) is 22.6 Å². The summed E-state index contributed by atoms with van der Waals surface area (Å²) >= 11 is 1.47. The number of carbonyl (C=O) groups excluding carboxylic acids is 1. The number of hydrogen-bond donors (Lipinski definition) is 0. The number of aromatic nitrogens is 2. The fourth-order valence-corrected chi connectivity index (χ4v) is 4.28. The molecule has 1 atom stereocenters. The Hall–Kier alpha value is -2.45. The summed E-state index contributed by atoms with van der Waals surface area (Å²) in [4.78, 5) is 19.5. The van der Waals surface area contributed by atoms with Crippen molar-refractivity contribution in [3.8, 4) is 5.75 Å². The molecular formula is C19H21N3O4S. The number of ether oxygens (including phenoxy) is 2. The molecule has 0 spiro atoms. The number of thiazole rings is 1. The fourth-order valence-electron chi connectivity index (χ4n) is 3.22. The summed E-state index contributed by atoms with van der Waals surface area (Å²) in [6.45, 7) is 4.95. The van der Waals surface area contributed by atoms with Crippen LogP contribution in [0.3, 0.4) is 0 Å². The molecule has 4 rings (SSSR count). The lowest BCUT2D eigenvalue weighted by atomic mass is 10.2. The van der Waals surface area contributed by atoms with E-state index in [1.165, 1.54) is 11.3 Å². The molecule has 8 heteroatoms. The van der Waals surface area contributed by atoms with E-state index in [1.54, 1.807) is 25.0 Å². The molecule has 7 nitrogen and oxygen atoms in total. The number of hydrogen-bond acceptors (Lipinski definition) is 7. The maximum atomic E-state index is 13.1. The Morgan fingerprint density at radius 3 is 2.93 bits per heavy atom. The van der Waals surface area contributed by atoms with Crippen molar-refractivity contribution in [3.63, 3.8) is 0 Å². The van der Waals surface area contributed by atoms with Crippen molar-refractivity contribution in [1.29, 1.82) is 0 Å². The van der Waals surface area contributed by atoms with Gasteiger partial charge in [-0.25, -0.2) is 4.98 Å². The average Bonchev–Trinajstić information content (AvgIpc) is 3.40. The zero-order valence-electron chi connectivity index (χ0n) is 15.5. The predicted molar refractivity (Wildman–Crippen MR) is 103 cm³/mol. The molecule has 1 aliphatic rings. The summed E-state index contributed by atoms with van der Waals surface area (Å²) in [5, 5.41) is 4.50. The van der Waals surface area contributed by atoms with Gasteiger partial charge in [-0.2, -0.15) is 0 Å². The maximum absolute atomic E-state index is 13.1. The fraction of sp³-hybridized carbons (Fsp3) is 0.421. The van der Waals surface area contributed by atoms with Crippen molar-refractivity contribution < 1.29 is 18.8 Å². The molecular weight excluding hydrogens is 366 g/mol. The van der Waals surface area contributed by atoms with E-state index in [0.29, 0.717) is 23.2 Å². The van der Waals surface area contributed by atoms with Gasteiger partial charge < -0.3 is 14.0 Å². The van der Waals surface area contributed by atoms with Gasteiger partial charge in [-0.05, 0) is 38.3 Å². The third kappa shape index (κ3) is 3.42. The van der Waals surface area contributed by atoms with Crippen LogP contribution >= 0.6 is 11.3 Å². The van der Waals surface area contributed by atoms with Crippen LogP contribution in [0.4, 0.5) is 5.13 Å². The molecule has 0 radical (unpaired) electrons. The minimum absolute atomic E-state index is 0.00282. The first-order valence-electron chi connectivity index (χ1n) is 8.87. The zero-order chi connectivity index (χ0) is 19.0. The van der Waals surface area contributed by atoms with Gasteiger partial charge in [0.2, 0.25) is 0 Å². The number of aryl methyl sites for hydroxylation is 2. The first-order valence-corrected chi connectivity index (χ1v) is 9.69. The molecule has 3 aromatic rings. The highest BCUT2D eigenvalue weighted by Gasteiger charge is 2.29. The Kier molecular flexibility index (Phi) is 4.84. The van der Waals surface area contributed by atoms with Gasteiger partial charge in [0.05, 0.1) is 24.5 Å². The van der Waals surface area contributed by atoms with E-state index < -0.39 is 0 Å². The van der Waals surface area contributed by atoms with E-state index in [4.69, 9.17) is 19.0 Å². The first kappa shape index (κ1) is 17.9. The molecule has 27 heavy (non-hydrogen) atoms. The van der Waals surface area contributed by atoms with Crippen molar-refractivity contribution >= 4 is 32.6 Å². The van der Waals surface area contributed by atoms with Crippen LogP contribution in [0.5, 0.6) is 5.75 Å². The second-order valence-corrected chi connectivity index (χ2v) is 7.61. The van der Waals surface area contributed by atoms with E-state index in [-0.39, 0.29) is 17.7 Å². The third-order valence-electron chi connectivity index (χ3n) is 4.65. The maximum Gasteiger partial charge on any atom is 0.282 e. The summed E-state index contributed by atoms with van der Waals surface area (Å²) in [6, 6.07) is 5.54. The van der Waals surface area contributed by atoms with Crippen molar-refractivity contribution in [2.45, 2.75) is 32.8 Å². The lowest BCUT2D eigenvalue weighted by Gasteiger charge is -2.21. The molecule has 1 fully saturated rings. The molecule has 3 heterocycles. The minimum atomic E-state index is -0.238. The van der Waals surface area contributed by atoms with Crippen LogP contribution in [-0.4, -0.2) is 42.4 Å². The van der Waals surface area contributed by atoms with Crippen LogP contribution in [0.1, 0.15) is 34.7 Å². The van der Waals surface area contributed by atoms with Gasteiger partial charge in [0, 0.05) is 12.7 Å². The van der Waals surface area contributed by atoms with E-state index in [1.807, 2.05) is 19.1 Å². The van der Waals surface area contributed by atoms with E-state index in [0.717, 1.165) is 35.2 Å². The second-order valence-electron chi connectivity index (χ2n) is 6.63. The van der Waals surface area contributed by atoms with Crippen LogP contribution in [0, 0.1) is 13.8 Å². The molecule has 1 unspecified atom stereocenters. The Labute approximate surface area is 160 Å². The minimum Gasteiger partial charge on any atom is -0.494 e.